The summed E-state index contributed by atoms with van der Waals surface area (Å²) in [4.78, 5) is 19.8. The van der Waals surface area contributed by atoms with Gasteiger partial charge >= 0.3 is 7.60 Å². The summed E-state index contributed by atoms with van der Waals surface area (Å²) in [5.74, 6) is -0.126. The largest absolute Gasteiger partial charge is 0.497 e. The molecular weight excluding hydrogens is 581 g/mol. The van der Waals surface area contributed by atoms with Gasteiger partial charge < -0.3 is 34.2 Å². The minimum Gasteiger partial charge on any atom is -0.497 e. The maximum absolute atomic E-state index is 12.1. The van der Waals surface area contributed by atoms with E-state index in [1.807, 2.05) is 54.6 Å². The summed E-state index contributed by atoms with van der Waals surface area (Å²) in [5.41, 5.74) is 0.992. The maximum atomic E-state index is 12.1. The molecule has 44 heavy (non-hydrogen) atoms. The molecule has 0 radical (unpaired) electrons. The van der Waals surface area contributed by atoms with Gasteiger partial charge in [-0.1, -0.05) is 66.7 Å². The van der Waals surface area contributed by atoms with E-state index in [1.54, 1.807) is 44.6 Å². The van der Waals surface area contributed by atoms with E-state index in [9.17, 15) is 30.0 Å². The molecule has 0 aromatic heterocycles. The van der Waals surface area contributed by atoms with Crippen molar-refractivity contribution in [2.45, 2.75) is 36.9 Å². The van der Waals surface area contributed by atoms with E-state index < -0.39 is 25.2 Å². The van der Waals surface area contributed by atoms with Crippen LogP contribution >= 0.6 is 7.60 Å². The molecular formula is C34H38NO8P. The predicted octanol–water partition coefficient (Wildman–Crippen LogP) is 5.10. The second-order valence-electron chi connectivity index (χ2n) is 10.4. The first-order valence-electron chi connectivity index (χ1n) is 14.2. The fourth-order valence-electron chi connectivity index (χ4n) is 5.31. The number of aliphatic hydroxyl groups is 2. The second kappa shape index (κ2) is 14.7. The number of aliphatic hydroxyl groups excluding tert-OH is 2. The van der Waals surface area contributed by atoms with Crippen molar-refractivity contribution in [1.29, 1.82) is 5.41 Å². The summed E-state index contributed by atoms with van der Waals surface area (Å²) in [6.45, 7) is -0.0505. The van der Waals surface area contributed by atoms with Gasteiger partial charge in [-0.3, -0.25) is 9.97 Å². The van der Waals surface area contributed by atoms with Crippen LogP contribution in [0.2, 0.25) is 0 Å². The normalized spacial score (nSPS) is 13.1. The average Bonchev–Trinajstić information content (AvgIpc) is 3.04. The Kier molecular flexibility index (Phi) is 11.0. The second-order valence-corrected chi connectivity index (χ2v) is 12.0. The highest BCUT2D eigenvalue weighted by molar-refractivity contribution is 7.60. The maximum Gasteiger partial charge on any atom is 0.356 e. The molecule has 232 valence electrons. The highest BCUT2D eigenvalue weighted by Gasteiger charge is 2.42. The monoisotopic (exact) mass is 619 g/mol. The van der Waals surface area contributed by atoms with Gasteiger partial charge in [0.25, 0.3) is 0 Å². The molecule has 0 amide bonds. The Morgan fingerprint density at radius 3 is 1.84 bits per heavy atom. The fraction of sp³-hybridized carbons (Fsp3) is 0.265. The topological polar surface area (TPSA) is 150 Å². The van der Waals surface area contributed by atoms with Crippen LogP contribution in [0.25, 0.3) is 0 Å². The Morgan fingerprint density at radius 2 is 1.34 bits per heavy atom. The van der Waals surface area contributed by atoms with E-state index in [1.165, 1.54) is 18.2 Å². The van der Waals surface area contributed by atoms with Crippen LogP contribution < -0.4 is 14.8 Å². The van der Waals surface area contributed by atoms with Gasteiger partial charge in [-0.15, -0.1) is 0 Å². The van der Waals surface area contributed by atoms with E-state index in [-0.39, 0.29) is 24.2 Å². The summed E-state index contributed by atoms with van der Waals surface area (Å²) in [7, 11) is -1.47. The number of rotatable bonds is 14. The fourth-order valence-corrected chi connectivity index (χ4v) is 5.91. The Hall–Kier alpha value is -3.98. The van der Waals surface area contributed by atoms with Crippen molar-refractivity contribution >= 4 is 18.8 Å². The van der Waals surface area contributed by atoms with E-state index >= 15 is 0 Å². The molecule has 10 heteroatoms. The van der Waals surface area contributed by atoms with Crippen molar-refractivity contribution in [3.8, 4) is 11.5 Å². The van der Waals surface area contributed by atoms with E-state index in [0.29, 0.717) is 46.6 Å². The van der Waals surface area contributed by atoms with E-state index in [4.69, 9.17) is 14.2 Å². The standard InChI is InChI=1S/C34H38NO8P/c1-41-28-18-14-26(15-19-28)34(25-10-4-3-5-11-25,27-16-20-29(42-2)21-17-27)43-33(35)32(31(37)13-6-7-22-36)24-9-8-12-30(23-24)44(38,39)40/h3-5,8-12,14-21,23,31-32,35-37H,6-7,13,22H2,1-2H3,(H2,38,39,40). The van der Waals surface area contributed by atoms with Gasteiger partial charge in [-0.25, -0.2) is 0 Å². The number of nitrogens with one attached hydrogen (secondary N) is 1. The summed E-state index contributed by atoms with van der Waals surface area (Å²) >= 11 is 0. The lowest BCUT2D eigenvalue weighted by Gasteiger charge is -2.38. The van der Waals surface area contributed by atoms with Gasteiger partial charge in [0.2, 0.25) is 0 Å². The van der Waals surface area contributed by atoms with Crippen LogP contribution in [0.4, 0.5) is 0 Å². The zero-order valence-electron chi connectivity index (χ0n) is 24.7. The SMILES string of the molecule is COc1ccc(C(OC(=N)C(c2cccc(P(=O)(O)O)c2)C(O)CCCCO)(c2ccccc2)c2ccc(OC)cc2)cc1. The summed E-state index contributed by atoms with van der Waals surface area (Å²) in [5, 5.41) is 30.0. The number of unbranched alkanes of at least 4 members (excludes halogenated alkanes) is 1. The molecule has 0 aliphatic heterocycles. The minimum atomic E-state index is -4.62. The molecule has 0 aliphatic carbocycles. The highest BCUT2D eigenvalue weighted by atomic mass is 31.2. The predicted molar refractivity (Wildman–Crippen MR) is 169 cm³/mol. The van der Waals surface area contributed by atoms with Crippen molar-refractivity contribution in [2.24, 2.45) is 0 Å². The average molecular weight is 620 g/mol. The van der Waals surface area contributed by atoms with Crippen molar-refractivity contribution in [3.05, 3.63) is 125 Å². The van der Waals surface area contributed by atoms with Crippen molar-refractivity contribution in [3.63, 3.8) is 0 Å². The number of hydrogen-bond donors (Lipinski definition) is 5. The molecule has 9 nitrogen and oxygen atoms in total. The van der Waals surface area contributed by atoms with Crippen LogP contribution in [0, 0.1) is 5.41 Å². The van der Waals surface area contributed by atoms with Crippen LogP contribution in [-0.4, -0.2) is 52.8 Å². The zero-order valence-corrected chi connectivity index (χ0v) is 25.6. The van der Waals surface area contributed by atoms with E-state index in [2.05, 4.69) is 0 Å². The first-order chi connectivity index (χ1) is 21.1. The molecule has 0 bridgehead atoms. The van der Waals surface area contributed by atoms with Gasteiger partial charge in [0.15, 0.2) is 11.5 Å². The van der Waals surface area contributed by atoms with Crippen molar-refractivity contribution in [1.82, 2.24) is 0 Å². The summed E-state index contributed by atoms with van der Waals surface area (Å²) in [6.07, 6.45) is -0.00569. The molecule has 5 N–H and O–H groups in total. The van der Waals surface area contributed by atoms with Gasteiger partial charge in [0.05, 0.1) is 31.5 Å². The first-order valence-corrected chi connectivity index (χ1v) is 15.8. The molecule has 2 atom stereocenters. The van der Waals surface area contributed by atoms with Crippen LogP contribution in [0.15, 0.2) is 103 Å². The molecule has 4 aromatic carbocycles. The Balaban J connectivity index is 1.92. The van der Waals surface area contributed by atoms with Crippen molar-refractivity contribution in [2.75, 3.05) is 20.8 Å². The molecule has 4 rings (SSSR count). The Morgan fingerprint density at radius 1 is 0.795 bits per heavy atom. The molecule has 4 aromatic rings. The number of hydrogen-bond acceptors (Lipinski definition) is 7. The zero-order chi connectivity index (χ0) is 31.7. The summed E-state index contributed by atoms with van der Waals surface area (Å²) < 4.78 is 29.8. The molecule has 0 fully saturated rings. The van der Waals surface area contributed by atoms with Crippen LogP contribution in [0.5, 0.6) is 11.5 Å². The van der Waals surface area contributed by atoms with Gasteiger partial charge in [0.1, 0.15) is 11.5 Å². The molecule has 0 aliphatic rings. The first kappa shape index (κ1) is 32.9. The molecule has 0 spiro atoms. The van der Waals surface area contributed by atoms with Crippen LogP contribution in [0.3, 0.4) is 0 Å². The number of methoxy groups -OCH3 is 2. The lowest BCUT2D eigenvalue weighted by atomic mass is 9.79. The number of benzene rings is 4. The minimum absolute atomic E-state index is 0.0505. The smallest absolute Gasteiger partial charge is 0.356 e. The quantitative estimate of drug-likeness (QED) is 0.0430. The van der Waals surface area contributed by atoms with Crippen LogP contribution in [-0.2, 0) is 14.9 Å². The van der Waals surface area contributed by atoms with Gasteiger partial charge in [-0.2, -0.15) is 0 Å². The third-order valence-electron chi connectivity index (χ3n) is 7.58. The third-order valence-corrected chi connectivity index (χ3v) is 8.53. The number of ether oxygens (including phenoxy) is 3. The summed E-state index contributed by atoms with van der Waals surface area (Å²) in [6, 6.07) is 29.7. The Bertz CT molecular complexity index is 1510. The van der Waals surface area contributed by atoms with E-state index in [0.717, 1.165) is 0 Å². The lowest BCUT2D eigenvalue weighted by molar-refractivity contribution is 0.0992. The molecule has 0 saturated carbocycles. The lowest BCUT2D eigenvalue weighted by Crippen LogP contribution is -2.39. The Labute approximate surface area is 257 Å². The highest BCUT2D eigenvalue weighted by Crippen LogP contribution is 2.44. The third kappa shape index (κ3) is 7.38. The molecule has 0 saturated heterocycles. The van der Waals surface area contributed by atoms with Gasteiger partial charge in [0, 0.05) is 23.3 Å². The van der Waals surface area contributed by atoms with Crippen LogP contribution in [0.1, 0.15) is 47.4 Å². The van der Waals surface area contributed by atoms with Gasteiger partial charge in [-0.05, 0) is 61.2 Å². The van der Waals surface area contributed by atoms with Crippen molar-refractivity contribution < 1.29 is 38.8 Å². The molecule has 0 heterocycles. The molecule has 2 unspecified atom stereocenters.